The molecule has 0 unspecified atom stereocenters. The molecule has 0 bridgehead atoms. The van der Waals surface area contributed by atoms with E-state index in [0.717, 1.165) is 31.5 Å². The number of piperidine rings is 1. The van der Waals surface area contributed by atoms with Crippen LogP contribution in [0, 0.1) is 5.92 Å². The van der Waals surface area contributed by atoms with Crippen molar-refractivity contribution in [2.45, 2.75) is 32.6 Å². The first kappa shape index (κ1) is 15.5. The van der Waals surface area contributed by atoms with Gasteiger partial charge in [0.2, 0.25) is 5.91 Å². The molecule has 2 rings (SSSR count). The summed E-state index contributed by atoms with van der Waals surface area (Å²) in [7, 11) is 1.39. The molecule has 4 nitrogen and oxygen atoms in total. The fourth-order valence-corrected chi connectivity index (χ4v) is 2.84. The van der Waals surface area contributed by atoms with Gasteiger partial charge in [0.1, 0.15) is 0 Å². The lowest BCUT2D eigenvalue weighted by Crippen LogP contribution is -2.40. The molecular weight excluding hydrogens is 266 g/mol. The maximum absolute atomic E-state index is 12.0. The van der Waals surface area contributed by atoms with Crippen LogP contribution in [-0.4, -0.2) is 37.0 Å². The summed E-state index contributed by atoms with van der Waals surface area (Å²) in [6.07, 6.45) is 1.90. The number of benzene rings is 1. The van der Waals surface area contributed by atoms with Gasteiger partial charge in [0.15, 0.2) is 0 Å². The highest BCUT2D eigenvalue weighted by atomic mass is 16.5. The molecule has 1 heterocycles. The van der Waals surface area contributed by atoms with Gasteiger partial charge in [-0.1, -0.05) is 26.0 Å². The van der Waals surface area contributed by atoms with E-state index in [1.165, 1.54) is 7.11 Å². The Bertz CT molecular complexity index is 517. The summed E-state index contributed by atoms with van der Waals surface area (Å²) < 4.78 is 4.76. The minimum absolute atomic E-state index is 0.0594. The van der Waals surface area contributed by atoms with Gasteiger partial charge in [-0.05, 0) is 36.5 Å². The van der Waals surface area contributed by atoms with Crippen LogP contribution >= 0.6 is 0 Å². The summed E-state index contributed by atoms with van der Waals surface area (Å²) in [6.45, 7) is 5.47. The standard InChI is InChI=1S/C17H23NO3/c1-12(2)16(19)18-9-7-13(8-10-18)14-5-4-6-15(11-14)17(20)21-3/h4-6,11-13H,7-10H2,1-3H3. The van der Waals surface area contributed by atoms with Crippen LogP contribution in [0.2, 0.25) is 0 Å². The second-order valence-corrected chi connectivity index (χ2v) is 5.87. The number of hydrogen-bond acceptors (Lipinski definition) is 3. The Kier molecular flexibility index (Phi) is 4.99. The second kappa shape index (κ2) is 6.74. The topological polar surface area (TPSA) is 46.6 Å². The largest absolute Gasteiger partial charge is 0.465 e. The highest BCUT2D eigenvalue weighted by Crippen LogP contribution is 2.29. The number of hydrogen-bond donors (Lipinski definition) is 0. The lowest BCUT2D eigenvalue weighted by molar-refractivity contribution is -0.135. The molecule has 0 saturated carbocycles. The van der Waals surface area contributed by atoms with Crippen molar-refractivity contribution in [2.24, 2.45) is 5.92 Å². The van der Waals surface area contributed by atoms with Crippen molar-refractivity contribution < 1.29 is 14.3 Å². The smallest absolute Gasteiger partial charge is 0.337 e. The monoisotopic (exact) mass is 289 g/mol. The van der Waals surface area contributed by atoms with Crippen LogP contribution in [-0.2, 0) is 9.53 Å². The van der Waals surface area contributed by atoms with E-state index < -0.39 is 0 Å². The first-order valence-corrected chi connectivity index (χ1v) is 7.50. The fraction of sp³-hybridized carbons (Fsp3) is 0.529. The van der Waals surface area contributed by atoms with Crippen molar-refractivity contribution in [3.05, 3.63) is 35.4 Å². The molecule has 1 aromatic carbocycles. The number of esters is 1. The lowest BCUT2D eigenvalue weighted by atomic mass is 9.88. The Balaban J connectivity index is 2.02. The van der Waals surface area contributed by atoms with Gasteiger partial charge in [-0.2, -0.15) is 0 Å². The van der Waals surface area contributed by atoms with Crippen molar-refractivity contribution in [3.8, 4) is 0 Å². The Hall–Kier alpha value is -1.84. The average Bonchev–Trinajstić information content (AvgIpc) is 2.53. The molecule has 1 amide bonds. The molecular formula is C17H23NO3. The summed E-state index contributed by atoms with van der Waals surface area (Å²) in [4.78, 5) is 25.5. The summed E-state index contributed by atoms with van der Waals surface area (Å²) in [6, 6.07) is 7.63. The van der Waals surface area contributed by atoms with Crippen LogP contribution < -0.4 is 0 Å². The number of carbonyl (C=O) groups excluding carboxylic acids is 2. The molecule has 1 fully saturated rings. The molecule has 114 valence electrons. The van der Waals surface area contributed by atoms with Crippen molar-refractivity contribution in [1.29, 1.82) is 0 Å². The molecule has 0 spiro atoms. The van der Waals surface area contributed by atoms with Crippen molar-refractivity contribution >= 4 is 11.9 Å². The van der Waals surface area contributed by atoms with Gasteiger partial charge < -0.3 is 9.64 Å². The van der Waals surface area contributed by atoms with Gasteiger partial charge in [0.05, 0.1) is 12.7 Å². The Morgan fingerprint density at radius 2 is 1.90 bits per heavy atom. The minimum atomic E-state index is -0.302. The van der Waals surface area contributed by atoms with Crippen LogP contribution in [0.5, 0.6) is 0 Å². The predicted octanol–water partition coefficient (Wildman–Crippen LogP) is 2.84. The first-order chi connectivity index (χ1) is 10.0. The minimum Gasteiger partial charge on any atom is -0.465 e. The van der Waals surface area contributed by atoms with Crippen molar-refractivity contribution in [3.63, 3.8) is 0 Å². The second-order valence-electron chi connectivity index (χ2n) is 5.87. The third-order valence-electron chi connectivity index (χ3n) is 4.08. The van der Waals surface area contributed by atoms with Crippen LogP contribution in [0.15, 0.2) is 24.3 Å². The third-order valence-corrected chi connectivity index (χ3v) is 4.08. The predicted molar refractivity (Wildman–Crippen MR) is 81.2 cm³/mol. The molecule has 0 aromatic heterocycles. The van der Waals surface area contributed by atoms with E-state index >= 15 is 0 Å². The van der Waals surface area contributed by atoms with Crippen LogP contribution in [0.25, 0.3) is 0 Å². The number of likely N-dealkylation sites (tertiary alicyclic amines) is 1. The number of methoxy groups -OCH3 is 1. The molecule has 1 aliphatic heterocycles. The average molecular weight is 289 g/mol. The molecule has 1 aromatic rings. The zero-order valence-electron chi connectivity index (χ0n) is 13.0. The van der Waals surface area contributed by atoms with Gasteiger partial charge >= 0.3 is 5.97 Å². The molecule has 4 heteroatoms. The van der Waals surface area contributed by atoms with Crippen LogP contribution in [0.1, 0.15) is 48.5 Å². The first-order valence-electron chi connectivity index (χ1n) is 7.50. The van der Waals surface area contributed by atoms with E-state index in [-0.39, 0.29) is 17.8 Å². The van der Waals surface area contributed by atoms with E-state index in [1.807, 2.05) is 30.9 Å². The van der Waals surface area contributed by atoms with Gasteiger partial charge in [-0.3, -0.25) is 4.79 Å². The summed E-state index contributed by atoms with van der Waals surface area (Å²) in [5.41, 5.74) is 1.75. The quantitative estimate of drug-likeness (QED) is 0.804. The van der Waals surface area contributed by atoms with E-state index in [2.05, 4.69) is 6.07 Å². The maximum Gasteiger partial charge on any atom is 0.337 e. The molecule has 21 heavy (non-hydrogen) atoms. The molecule has 0 aliphatic carbocycles. The summed E-state index contributed by atoms with van der Waals surface area (Å²) in [5, 5.41) is 0. The van der Waals surface area contributed by atoms with Gasteiger partial charge in [-0.15, -0.1) is 0 Å². The molecule has 0 radical (unpaired) electrons. The van der Waals surface area contributed by atoms with E-state index in [0.29, 0.717) is 11.5 Å². The highest BCUT2D eigenvalue weighted by molar-refractivity contribution is 5.89. The van der Waals surface area contributed by atoms with Crippen LogP contribution in [0.3, 0.4) is 0 Å². The van der Waals surface area contributed by atoms with E-state index in [1.54, 1.807) is 6.07 Å². The van der Waals surface area contributed by atoms with Crippen LogP contribution in [0.4, 0.5) is 0 Å². The van der Waals surface area contributed by atoms with E-state index in [4.69, 9.17) is 4.74 Å². The Morgan fingerprint density at radius 1 is 1.24 bits per heavy atom. The summed E-state index contributed by atoms with van der Waals surface area (Å²) in [5.74, 6) is 0.399. The summed E-state index contributed by atoms with van der Waals surface area (Å²) >= 11 is 0. The normalized spacial score (nSPS) is 16.1. The third kappa shape index (κ3) is 3.63. The zero-order chi connectivity index (χ0) is 15.4. The highest BCUT2D eigenvalue weighted by Gasteiger charge is 2.25. The number of ether oxygens (including phenoxy) is 1. The fourth-order valence-electron chi connectivity index (χ4n) is 2.84. The van der Waals surface area contributed by atoms with Crippen molar-refractivity contribution in [2.75, 3.05) is 20.2 Å². The van der Waals surface area contributed by atoms with E-state index in [9.17, 15) is 9.59 Å². The number of rotatable bonds is 3. The zero-order valence-corrected chi connectivity index (χ0v) is 13.0. The molecule has 0 N–H and O–H groups in total. The number of amides is 1. The number of nitrogens with zero attached hydrogens (tertiary/aromatic N) is 1. The van der Waals surface area contributed by atoms with Gasteiger partial charge in [-0.25, -0.2) is 4.79 Å². The SMILES string of the molecule is COC(=O)c1cccc(C2CCN(C(=O)C(C)C)CC2)c1. The van der Waals surface area contributed by atoms with Crippen molar-refractivity contribution in [1.82, 2.24) is 4.90 Å². The molecule has 1 aliphatic rings. The van der Waals surface area contributed by atoms with Gasteiger partial charge in [0.25, 0.3) is 0 Å². The number of carbonyl (C=O) groups is 2. The maximum atomic E-state index is 12.0. The Labute approximate surface area is 126 Å². The molecule has 1 saturated heterocycles. The molecule has 0 atom stereocenters. The lowest BCUT2D eigenvalue weighted by Gasteiger charge is -2.33. The van der Waals surface area contributed by atoms with Gasteiger partial charge in [0, 0.05) is 19.0 Å². The Morgan fingerprint density at radius 3 is 2.48 bits per heavy atom.